The van der Waals surface area contributed by atoms with Gasteiger partial charge in [-0.2, -0.15) is 0 Å². The maximum atomic E-state index is 13.3. The van der Waals surface area contributed by atoms with Gasteiger partial charge in [0.1, 0.15) is 5.82 Å². The first-order valence-electron chi connectivity index (χ1n) is 9.17. The van der Waals surface area contributed by atoms with Gasteiger partial charge in [-0.3, -0.25) is 9.69 Å². The van der Waals surface area contributed by atoms with Gasteiger partial charge in [-0.1, -0.05) is 25.0 Å². The Morgan fingerprint density at radius 2 is 2.04 bits per heavy atom. The largest absolute Gasteiger partial charge is 0.389 e. The number of nitrogens with one attached hydrogen (secondary N) is 1. The normalized spacial score (nSPS) is 28.3. The van der Waals surface area contributed by atoms with E-state index in [0.717, 1.165) is 38.8 Å². The van der Waals surface area contributed by atoms with E-state index in [1.807, 2.05) is 0 Å². The van der Waals surface area contributed by atoms with E-state index in [0.29, 0.717) is 18.8 Å². The summed E-state index contributed by atoms with van der Waals surface area (Å²) < 4.78 is 18.7. The standard InChI is InChI=1S/C19H27FN2O3/c20-15-5-3-4-14(12-15)13-18(23)21-16-6-1-2-7-17(19(16)24)22-8-10-25-11-9-22/h3-5,12,16-17,19,24H,1-2,6-11,13H2,(H,21,23)/t16-,17-,19-/m1/s1. The van der Waals surface area contributed by atoms with Crippen molar-refractivity contribution in [3.8, 4) is 0 Å². The van der Waals surface area contributed by atoms with Crippen LogP contribution in [-0.4, -0.2) is 60.4 Å². The Hall–Kier alpha value is -1.50. The van der Waals surface area contributed by atoms with Crippen LogP contribution in [0.3, 0.4) is 0 Å². The molecule has 138 valence electrons. The maximum absolute atomic E-state index is 13.3. The number of aliphatic hydroxyl groups excluding tert-OH is 1. The number of hydrogen-bond donors (Lipinski definition) is 2. The molecule has 5 nitrogen and oxygen atoms in total. The highest BCUT2D eigenvalue weighted by Crippen LogP contribution is 2.24. The lowest BCUT2D eigenvalue weighted by Gasteiger charge is -2.38. The van der Waals surface area contributed by atoms with Crippen LogP contribution in [0.5, 0.6) is 0 Å². The fourth-order valence-electron chi connectivity index (χ4n) is 3.88. The van der Waals surface area contributed by atoms with E-state index in [1.165, 1.54) is 12.1 Å². The Morgan fingerprint density at radius 3 is 2.80 bits per heavy atom. The molecular weight excluding hydrogens is 323 g/mol. The second kappa shape index (κ2) is 8.74. The number of carbonyl (C=O) groups excluding carboxylic acids is 1. The maximum Gasteiger partial charge on any atom is 0.224 e. The summed E-state index contributed by atoms with van der Waals surface area (Å²) in [5.41, 5.74) is 0.644. The third-order valence-electron chi connectivity index (χ3n) is 5.19. The Balaban J connectivity index is 1.60. The third kappa shape index (κ3) is 5.00. The van der Waals surface area contributed by atoms with Crippen molar-refractivity contribution in [3.05, 3.63) is 35.6 Å². The van der Waals surface area contributed by atoms with Gasteiger partial charge in [-0.25, -0.2) is 4.39 Å². The van der Waals surface area contributed by atoms with Crippen LogP contribution >= 0.6 is 0 Å². The first-order valence-corrected chi connectivity index (χ1v) is 9.17. The number of nitrogens with zero attached hydrogens (tertiary/aromatic N) is 1. The number of carbonyl (C=O) groups is 1. The van der Waals surface area contributed by atoms with Gasteiger partial charge in [-0.15, -0.1) is 0 Å². The number of hydrogen-bond acceptors (Lipinski definition) is 4. The Kier molecular flexibility index (Phi) is 6.39. The van der Waals surface area contributed by atoms with Gasteiger partial charge in [0.05, 0.1) is 31.8 Å². The van der Waals surface area contributed by atoms with Gasteiger partial charge in [0.2, 0.25) is 5.91 Å². The molecule has 25 heavy (non-hydrogen) atoms. The van der Waals surface area contributed by atoms with Crippen LogP contribution in [-0.2, 0) is 16.0 Å². The lowest BCUT2D eigenvalue weighted by molar-refractivity contribution is -0.122. The number of halogens is 1. The molecule has 0 spiro atoms. The zero-order valence-corrected chi connectivity index (χ0v) is 14.5. The molecule has 0 unspecified atom stereocenters. The molecule has 3 atom stereocenters. The molecule has 2 N–H and O–H groups in total. The van der Waals surface area contributed by atoms with Crippen molar-refractivity contribution < 1.29 is 19.0 Å². The summed E-state index contributed by atoms with van der Waals surface area (Å²) in [6.07, 6.45) is 3.30. The summed E-state index contributed by atoms with van der Waals surface area (Å²) in [4.78, 5) is 14.6. The summed E-state index contributed by atoms with van der Waals surface area (Å²) >= 11 is 0. The van der Waals surface area contributed by atoms with Gasteiger partial charge in [0.25, 0.3) is 0 Å². The molecular formula is C19H27FN2O3. The number of amides is 1. The van der Waals surface area contributed by atoms with E-state index in [2.05, 4.69) is 10.2 Å². The molecule has 1 saturated carbocycles. The van der Waals surface area contributed by atoms with E-state index in [4.69, 9.17) is 4.74 Å². The summed E-state index contributed by atoms with van der Waals surface area (Å²) in [6.45, 7) is 3.04. The van der Waals surface area contributed by atoms with Gasteiger partial charge in [0.15, 0.2) is 0 Å². The fraction of sp³-hybridized carbons (Fsp3) is 0.632. The molecule has 0 bridgehead atoms. The number of aliphatic hydroxyl groups is 1. The fourth-order valence-corrected chi connectivity index (χ4v) is 3.88. The third-order valence-corrected chi connectivity index (χ3v) is 5.19. The number of benzene rings is 1. The molecule has 1 saturated heterocycles. The topological polar surface area (TPSA) is 61.8 Å². The van der Waals surface area contributed by atoms with Crippen LogP contribution in [0.4, 0.5) is 4.39 Å². The molecule has 1 amide bonds. The average molecular weight is 350 g/mol. The summed E-state index contributed by atoms with van der Waals surface area (Å²) in [5.74, 6) is -0.510. The van der Waals surface area contributed by atoms with Crippen LogP contribution in [0.25, 0.3) is 0 Å². The van der Waals surface area contributed by atoms with Crippen molar-refractivity contribution >= 4 is 5.91 Å². The molecule has 1 aromatic rings. The zero-order valence-electron chi connectivity index (χ0n) is 14.5. The zero-order chi connectivity index (χ0) is 17.6. The summed E-state index contributed by atoms with van der Waals surface area (Å²) in [7, 11) is 0. The van der Waals surface area contributed by atoms with E-state index < -0.39 is 6.10 Å². The highest BCUT2D eigenvalue weighted by Gasteiger charge is 2.35. The minimum Gasteiger partial charge on any atom is -0.389 e. The van der Waals surface area contributed by atoms with Gasteiger partial charge >= 0.3 is 0 Å². The van der Waals surface area contributed by atoms with Crippen LogP contribution in [0.2, 0.25) is 0 Å². The van der Waals surface area contributed by atoms with Gasteiger partial charge in [0, 0.05) is 19.1 Å². The quantitative estimate of drug-likeness (QED) is 0.808. The van der Waals surface area contributed by atoms with Crippen molar-refractivity contribution in [2.45, 2.75) is 50.3 Å². The second-order valence-corrected chi connectivity index (χ2v) is 6.97. The molecule has 1 aromatic carbocycles. The molecule has 2 fully saturated rings. The monoisotopic (exact) mass is 350 g/mol. The molecule has 1 aliphatic carbocycles. The minimum atomic E-state index is -0.586. The van der Waals surface area contributed by atoms with Gasteiger partial charge < -0.3 is 15.2 Å². The Morgan fingerprint density at radius 1 is 1.28 bits per heavy atom. The van der Waals surface area contributed by atoms with Crippen LogP contribution in [0, 0.1) is 5.82 Å². The van der Waals surface area contributed by atoms with Crippen molar-refractivity contribution in [3.63, 3.8) is 0 Å². The predicted molar refractivity (Wildman–Crippen MR) is 92.7 cm³/mol. The lowest BCUT2D eigenvalue weighted by atomic mass is 9.99. The molecule has 0 aromatic heterocycles. The molecule has 2 aliphatic rings. The summed E-state index contributed by atoms with van der Waals surface area (Å²) in [5, 5.41) is 13.8. The van der Waals surface area contributed by atoms with Crippen LogP contribution in [0.1, 0.15) is 31.2 Å². The highest BCUT2D eigenvalue weighted by molar-refractivity contribution is 5.78. The van der Waals surface area contributed by atoms with E-state index in [-0.39, 0.29) is 30.2 Å². The highest BCUT2D eigenvalue weighted by atomic mass is 19.1. The van der Waals surface area contributed by atoms with Crippen molar-refractivity contribution in [2.24, 2.45) is 0 Å². The van der Waals surface area contributed by atoms with E-state index in [1.54, 1.807) is 12.1 Å². The van der Waals surface area contributed by atoms with E-state index in [9.17, 15) is 14.3 Å². The Bertz CT molecular complexity index is 578. The number of rotatable bonds is 4. The lowest BCUT2D eigenvalue weighted by Crippen LogP contribution is -2.55. The smallest absolute Gasteiger partial charge is 0.224 e. The summed E-state index contributed by atoms with van der Waals surface area (Å²) in [6, 6.07) is 5.89. The molecule has 3 rings (SSSR count). The Labute approximate surface area is 148 Å². The second-order valence-electron chi connectivity index (χ2n) is 6.97. The molecule has 1 heterocycles. The first kappa shape index (κ1) is 18.3. The van der Waals surface area contributed by atoms with Crippen molar-refractivity contribution in [1.82, 2.24) is 10.2 Å². The van der Waals surface area contributed by atoms with Crippen molar-refractivity contribution in [2.75, 3.05) is 26.3 Å². The van der Waals surface area contributed by atoms with Crippen LogP contribution in [0.15, 0.2) is 24.3 Å². The first-order chi connectivity index (χ1) is 12.1. The SMILES string of the molecule is O=C(Cc1cccc(F)c1)N[C@@H]1CCCC[C@@H](N2CCOCC2)[C@@H]1O. The van der Waals surface area contributed by atoms with Crippen molar-refractivity contribution in [1.29, 1.82) is 0 Å². The molecule has 6 heteroatoms. The minimum absolute atomic E-state index is 0.0610. The average Bonchev–Trinajstić information content (AvgIpc) is 2.78. The number of ether oxygens (including phenoxy) is 1. The molecule has 1 aliphatic heterocycles. The molecule has 0 radical (unpaired) electrons. The number of morpholine rings is 1. The van der Waals surface area contributed by atoms with E-state index >= 15 is 0 Å². The van der Waals surface area contributed by atoms with Crippen LogP contribution < -0.4 is 5.32 Å². The van der Waals surface area contributed by atoms with Gasteiger partial charge in [-0.05, 0) is 30.5 Å². The predicted octanol–water partition coefficient (Wildman–Crippen LogP) is 1.49.